The molecule has 0 aliphatic carbocycles. The Kier molecular flexibility index (Phi) is 6.38. The van der Waals surface area contributed by atoms with Gasteiger partial charge in [-0.2, -0.15) is 8.78 Å². The Bertz CT molecular complexity index is 720. The van der Waals surface area contributed by atoms with Gasteiger partial charge in [0, 0.05) is 20.0 Å². The van der Waals surface area contributed by atoms with Crippen LogP contribution in [0.3, 0.4) is 0 Å². The number of benzene rings is 2. The van der Waals surface area contributed by atoms with Crippen molar-refractivity contribution >= 4 is 5.91 Å². The van der Waals surface area contributed by atoms with Gasteiger partial charge < -0.3 is 9.64 Å². The summed E-state index contributed by atoms with van der Waals surface area (Å²) in [5.74, 6) is -1.30. The van der Waals surface area contributed by atoms with Gasteiger partial charge in [-0.3, -0.25) is 4.79 Å². The molecule has 0 radical (unpaired) electrons. The van der Waals surface area contributed by atoms with Crippen LogP contribution in [-0.2, 0) is 17.8 Å². The molecule has 3 nitrogen and oxygen atoms in total. The second-order valence-corrected chi connectivity index (χ2v) is 5.51. The first-order chi connectivity index (χ1) is 11.8. The standard InChI is InChI=1S/C18H17F4NO2/c1-23(11-12-2-6-15(7-3-12)25-18(21)22)17(24)9-4-13-10-14(19)5-8-16(13)20/h2-3,5-8,10,18H,4,9,11H2,1H3. The average molecular weight is 355 g/mol. The van der Waals surface area contributed by atoms with Crippen LogP contribution >= 0.6 is 0 Å². The van der Waals surface area contributed by atoms with Crippen LogP contribution in [0.2, 0.25) is 0 Å². The van der Waals surface area contributed by atoms with E-state index >= 15 is 0 Å². The minimum absolute atomic E-state index is 0.0312. The molecule has 7 heteroatoms. The van der Waals surface area contributed by atoms with E-state index in [2.05, 4.69) is 4.74 Å². The average Bonchev–Trinajstić information content (AvgIpc) is 2.56. The van der Waals surface area contributed by atoms with E-state index in [1.54, 1.807) is 19.2 Å². The number of amides is 1. The highest BCUT2D eigenvalue weighted by Gasteiger charge is 2.12. The summed E-state index contributed by atoms with van der Waals surface area (Å²) in [5.41, 5.74) is 0.879. The van der Waals surface area contributed by atoms with Gasteiger partial charge in [-0.25, -0.2) is 8.78 Å². The first-order valence-corrected chi connectivity index (χ1v) is 7.57. The molecule has 134 valence electrons. The molecule has 0 aliphatic heterocycles. The van der Waals surface area contributed by atoms with Gasteiger partial charge in [0.25, 0.3) is 0 Å². The maximum Gasteiger partial charge on any atom is 0.387 e. The molecule has 0 heterocycles. The lowest BCUT2D eigenvalue weighted by Crippen LogP contribution is -2.26. The quantitative estimate of drug-likeness (QED) is 0.698. The minimum Gasteiger partial charge on any atom is -0.435 e. The van der Waals surface area contributed by atoms with Crippen molar-refractivity contribution < 1.29 is 27.1 Å². The van der Waals surface area contributed by atoms with E-state index in [4.69, 9.17) is 0 Å². The number of carbonyl (C=O) groups is 1. The van der Waals surface area contributed by atoms with E-state index < -0.39 is 18.2 Å². The van der Waals surface area contributed by atoms with Gasteiger partial charge in [0.2, 0.25) is 5.91 Å². The van der Waals surface area contributed by atoms with Crippen LogP contribution < -0.4 is 4.74 Å². The number of hydrogen-bond acceptors (Lipinski definition) is 2. The van der Waals surface area contributed by atoms with Crippen LogP contribution in [-0.4, -0.2) is 24.5 Å². The predicted molar refractivity (Wildman–Crippen MR) is 84.2 cm³/mol. The van der Waals surface area contributed by atoms with E-state index in [1.807, 2.05) is 0 Å². The molecule has 2 aromatic carbocycles. The smallest absolute Gasteiger partial charge is 0.387 e. The summed E-state index contributed by atoms with van der Waals surface area (Å²) in [6.07, 6.45) is 0.122. The largest absolute Gasteiger partial charge is 0.435 e. The van der Waals surface area contributed by atoms with E-state index in [0.29, 0.717) is 0 Å². The zero-order valence-corrected chi connectivity index (χ0v) is 13.5. The van der Waals surface area contributed by atoms with Gasteiger partial charge in [0.15, 0.2) is 0 Å². The van der Waals surface area contributed by atoms with Crippen LogP contribution in [0.4, 0.5) is 17.6 Å². The number of nitrogens with zero attached hydrogens (tertiary/aromatic N) is 1. The topological polar surface area (TPSA) is 29.5 Å². The van der Waals surface area contributed by atoms with Gasteiger partial charge in [-0.1, -0.05) is 12.1 Å². The summed E-state index contributed by atoms with van der Waals surface area (Å²) < 4.78 is 55.1. The second-order valence-electron chi connectivity index (χ2n) is 5.51. The first kappa shape index (κ1) is 18.8. The van der Waals surface area contributed by atoms with Crippen LogP contribution in [0, 0.1) is 11.6 Å². The number of carbonyl (C=O) groups excluding carboxylic acids is 1. The summed E-state index contributed by atoms with van der Waals surface area (Å²) in [6.45, 7) is -2.63. The fraction of sp³-hybridized carbons (Fsp3) is 0.278. The Balaban J connectivity index is 1.88. The monoisotopic (exact) mass is 355 g/mol. The minimum atomic E-state index is -2.89. The van der Waals surface area contributed by atoms with E-state index in [1.165, 1.54) is 17.0 Å². The first-order valence-electron chi connectivity index (χ1n) is 7.57. The fourth-order valence-corrected chi connectivity index (χ4v) is 2.31. The van der Waals surface area contributed by atoms with Gasteiger partial charge in [0.05, 0.1) is 0 Å². The highest BCUT2D eigenvalue weighted by molar-refractivity contribution is 5.76. The predicted octanol–water partition coefficient (Wildman–Crippen LogP) is 4.16. The molecule has 0 bridgehead atoms. The normalized spacial score (nSPS) is 10.8. The highest BCUT2D eigenvalue weighted by atomic mass is 19.3. The number of aryl methyl sites for hydroxylation is 1. The number of halogens is 4. The van der Waals surface area contributed by atoms with Crippen molar-refractivity contribution in [2.45, 2.75) is 26.0 Å². The van der Waals surface area contributed by atoms with Gasteiger partial charge in [-0.05, 0) is 47.9 Å². The molecule has 0 atom stereocenters. The molecule has 2 aromatic rings. The Morgan fingerprint density at radius 1 is 1.12 bits per heavy atom. The van der Waals surface area contributed by atoms with Crippen molar-refractivity contribution in [3.05, 3.63) is 65.2 Å². The maximum atomic E-state index is 13.5. The summed E-state index contributed by atoms with van der Waals surface area (Å²) in [6, 6.07) is 9.06. The van der Waals surface area contributed by atoms with E-state index in [-0.39, 0.29) is 36.6 Å². The molecule has 1 amide bonds. The third-order valence-electron chi connectivity index (χ3n) is 3.61. The maximum absolute atomic E-state index is 13.5. The lowest BCUT2D eigenvalue weighted by atomic mass is 10.1. The molecular weight excluding hydrogens is 338 g/mol. The van der Waals surface area contributed by atoms with Crippen LogP contribution in [0.15, 0.2) is 42.5 Å². The second kappa shape index (κ2) is 8.50. The molecular formula is C18H17F4NO2. The van der Waals surface area contributed by atoms with Crippen molar-refractivity contribution in [3.8, 4) is 5.75 Å². The molecule has 0 saturated heterocycles. The van der Waals surface area contributed by atoms with Crippen molar-refractivity contribution in [3.63, 3.8) is 0 Å². The van der Waals surface area contributed by atoms with E-state index in [0.717, 1.165) is 23.8 Å². The van der Waals surface area contributed by atoms with Gasteiger partial charge in [0.1, 0.15) is 17.4 Å². The number of hydrogen-bond donors (Lipinski definition) is 0. The Morgan fingerprint density at radius 2 is 1.80 bits per heavy atom. The van der Waals surface area contributed by atoms with E-state index in [9.17, 15) is 22.4 Å². The van der Waals surface area contributed by atoms with Crippen molar-refractivity contribution in [1.82, 2.24) is 4.90 Å². The lowest BCUT2D eigenvalue weighted by molar-refractivity contribution is -0.130. The number of alkyl halides is 2. The Labute approximate surface area is 142 Å². The Morgan fingerprint density at radius 3 is 2.44 bits per heavy atom. The third kappa shape index (κ3) is 5.77. The molecule has 2 rings (SSSR count). The SMILES string of the molecule is CN(Cc1ccc(OC(F)F)cc1)C(=O)CCc1cc(F)ccc1F. The summed E-state index contributed by atoms with van der Waals surface area (Å²) in [7, 11) is 1.58. The van der Waals surface area contributed by atoms with Crippen molar-refractivity contribution in [2.24, 2.45) is 0 Å². The summed E-state index contributed by atoms with van der Waals surface area (Å²) in [4.78, 5) is 13.5. The molecule has 0 aromatic heterocycles. The lowest BCUT2D eigenvalue weighted by Gasteiger charge is -2.17. The van der Waals surface area contributed by atoms with Crippen LogP contribution in [0.1, 0.15) is 17.5 Å². The summed E-state index contributed by atoms with van der Waals surface area (Å²) in [5, 5.41) is 0. The zero-order valence-electron chi connectivity index (χ0n) is 13.5. The molecule has 0 fully saturated rings. The zero-order chi connectivity index (χ0) is 18.4. The Hall–Kier alpha value is -2.57. The molecule has 25 heavy (non-hydrogen) atoms. The molecule has 0 unspecified atom stereocenters. The molecule has 0 spiro atoms. The highest BCUT2D eigenvalue weighted by Crippen LogP contribution is 2.17. The molecule has 0 saturated carbocycles. The van der Waals surface area contributed by atoms with Crippen molar-refractivity contribution in [1.29, 1.82) is 0 Å². The van der Waals surface area contributed by atoms with Crippen LogP contribution in [0.5, 0.6) is 5.75 Å². The number of rotatable bonds is 7. The van der Waals surface area contributed by atoms with Gasteiger partial charge in [-0.15, -0.1) is 0 Å². The van der Waals surface area contributed by atoms with Crippen LogP contribution in [0.25, 0.3) is 0 Å². The fourth-order valence-electron chi connectivity index (χ4n) is 2.31. The summed E-state index contributed by atoms with van der Waals surface area (Å²) >= 11 is 0. The molecule has 0 N–H and O–H groups in total. The van der Waals surface area contributed by atoms with Crippen molar-refractivity contribution in [2.75, 3.05) is 7.05 Å². The number of ether oxygens (including phenoxy) is 1. The van der Waals surface area contributed by atoms with Gasteiger partial charge >= 0.3 is 6.61 Å². The third-order valence-corrected chi connectivity index (χ3v) is 3.61. The molecule has 0 aliphatic rings.